The molecule has 0 spiro atoms. The van der Waals surface area contributed by atoms with Gasteiger partial charge >= 0.3 is 0 Å². The maximum atomic E-state index is 11.5. The van der Waals surface area contributed by atoms with E-state index in [1.807, 2.05) is 5.38 Å². The highest BCUT2D eigenvalue weighted by Crippen LogP contribution is 2.35. The number of thiophene rings is 1. The Kier molecular flexibility index (Phi) is 3.07. The second-order valence-electron chi connectivity index (χ2n) is 4.55. The molecule has 3 rings (SSSR count). The normalized spacial score (nSPS) is 21.8. The lowest BCUT2D eigenvalue weighted by molar-refractivity contribution is 0.508. The van der Waals surface area contributed by atoms with Crippen LogP contribution in [0.15, 0.2) is 17.5 Å². The van der Waals surface area contributed by atoms with Crippen molar-refractivity contribution >= 4 is 38.6 Å². The van der Waals surface area contributed by atoms with Crippen LogP contribution in [0.4, 0.5) is 5.82 Å². The number of nitrogen functional groups attached to an aromatic ring is 1. The SMILES string of the molecule is Nc1cc(-c2sccc2Cl)nn1C1CCS(=O)(=O)C1. The Morgan fingerprint density at radius 1 is 1.53 bits per heavy atom. The highest BCUT2D eigenvalue weighted by atomic mass is 35.5. The van der Waals surface area contributed by atoms with Gasteiger partial charge < -0.3 is 5.73 Å². The van der Waals surface area contributed by atoms with Crippen molar-refractivity contribution in [2.75, 3.05) is 17.2 Å². The molecule has 1 fully saturated rings. The molecule has 2 aromatic heterocycles. The van der Waals surface area contributed by atoms with E-state index in [0.29, 0.717) is 23.0 Å². The van der Waals surface area contributed by atoms with Crippen molar-refractivity contribution < 1.29 is 8.42 Å². The third kappa shape index (κ3) is 2.37. The summed E-state index contributed by atoms with van der Waals surface area (Å²) in [4.78, 5) is 0.855. The summed E-state index contributed by atoms with van der Waals surface area (Å²) in [5.41, 5.74) is 6.63. The van der Waals surface area contributed by atoms with Crippen LogP contribution in [-0.4, -0.2) is 29.7 Å². The first-order chi connectivity index (χ1) is 8.96. The van der Waals surface area contributed by atoms with Crippen molar-refractivity contribution in [3.8, 4) is 10.6 Å². The van der Waals surface area contributed by atoms with Crippen LogP contribution in [-0.2, 0) is 9.84 Å². The van der Waals surface area contributed by atoms with Crippen LogP contribution in [0.5, 0.6) is 0 Å². The van der Waals surface area contributed by atoms with Gasteiger partial charge in [0.05, 0.1) is 27.4 Å². The molecule has 0 aliphatic carbocycles. The average Bonchev–Trinajstić information content (AvgIpc) is 2.98. The monoisotopic (exact) mass is 317 g/mol. The molecule has 1 unspecified atom stereocenters. The molecule has 0 amide bonds. The first kappa shape index (κ1) is 13.0. The van der Waals surface area contributed by atoms with E-state index in [9.17, 15) is 8.42 Å². The molecule has 0 radical (unpaired) electrons. The van der Waals surface area contributed by atoms with Gasteiger partial charge in [-0.3, -0.25) is 0 Å². The van der Waals surface area contributed by atoms with Crippen molar-refractivity contribution in [2.24, 2.45) is 0 Å². The third-order valence-electron chi connectivity index (χ3n) is 3.17. The summed E-state index contributed by atoms with van der Waals surface area (Å²) < 4.78 is 24.6. The standard InChI is InChI=1S/C11H12ClN3O2S2/c12-8-1-3-18-11(8)9-5-10(13)15(14-9)7-2-4-19(16,17)6-7/h1,3,5,7H,2,4,6,13H2. The van der Waals surface area contributed by atoms with Gasteiger partial charge in [0.15, 0.2) is 9.84 Å². The Morgan fingerprint density at radius 2 is 2.32 bits per heavy atom. The van der Waals surface area contributed by atoms with Gasteiger partial charge in [0.25, 0.3) is 0 Å². The predicted octanol–water partition coefficient (Wildman–Crippen LogP) is 2.21. The summed E-state index contributed by atoms with van der Waals surface area (Å²) >= 11 is 7.55. The van der Waals surface area contributed by atoms with Gasteiger partial charge in [-0.05, 0) is 17.9 Å². The number of hydrogen-bond donors (Lipinski definition) is 1. The molecule has 102 valence electrons. The zero-order valence-electron chi connectivity index (χ0n) is 9.91. The molecule has 1 atom stereocenters. The molecule has 1 aliphatic rings. The molecule has 1 saturated heterocycles. The summed E-state index contributed by atoms with van der Waals surface area (Å²) in [5.74, 6) is 0.782. The van der Waals surface area contributed by atoms with E-state index >= 15 is 0 Å². The quantitative estimate of drug-likeness (QED) is 0.921. The van der Waals surface area contributed by atoms with Crippen molar-refractivity contribution in [3.05, 3.63) is 22.5 Å². The molecular weight excluding hydrogens is 306 g/mol. The number of halogens is 1. The number of aromatic nitrogens is 2. The number of sulfone groups is 1. The molecule has 3 heterocycles. The Morgan fingerprint density at radius 3 is 2.89 bits per heavy atom. The maximum absolute atomic E-state index is 11.5. The van der Waals surface area contributed by atoms with Crippen molar-refractivity contribution in [3.63, 3.8) is 0 Å². The smallest absolute Gasteiger partial charge is 0.152 e. The first-order valence-electron chi connectivity index (χ1n) is 5.75. The van der Waals surface area contributed by atoms with Gasteiger partial charge in [-0.25, -0.2) is 13.1 Å². The molecule has 1 aliphatic heterocycles. The molecule has 0 aromatic carbocycles. The minimum atomic E-state index is -2.95. The number of hydrogen-bond acceptors (Lipinski definition) is 5. The minimum Gasteiger partial charge on any atom is -0.384 e. The number of nitrogens with zero attached hydrogens (tertiary/aromatic N) is 2. The van der Waals surface area contributed by atoms with Crippen molar-refractivity contribution in [2.45, 2.75) is 12.5 Å². The van der Waals surface area contributed by atoms with Gasteiger partial charge in [0.2, 0.25) is 0 Å². The summed E-state index contributed by atoms with van der Waals surface area (Å²) in [6.45, 7) is 0. The van der Waals surface area contributed by atoms with Crippen LogP contribution in [0.25, 0.3) is 10.6 Å². The highest BCUT2D eigenvalue weighted by molar-refractivity contribution is 7.91. The van der Waals surface area contributed by atoms with Crippen LogP contribution in [0.3, 0.4) is 0 Å². The van der Waals surface area contributed by atoms with Crippen LogP contribution >= 0.6 is 22.9 Å². The molecule has 0 bridgehead atoms. The predicted molar refractivity (Wildman–Crippen MR) is 77.3 cm³/mol. The lowest BCUT2D eigenvalue weighted by Gasteiger charge is -2.09. The van der Waals surface area contributed by atoms with E-state index in [2.05, 4.69) is 5.10 Å². The average molecular weight is 318 g/mol. The van der Waals surface area contributed by atoms with Gasteiger partial charge in [0.1, 0.15) is 11.5 Å². The number of nitrogens with two attached hydrogens (primary N) is 1. The van der Waals surface area contributed by atoms with Gasteiger partial charge in [0, 0.05) is 6.07 Å². The topological polar surface area (TPSA) is 78.0 Å². The third-order valence-corrected chi connectivity index (χ3v) is 6.28. The summed E-state index contributed by atoms with van der Waals surface area (Å²) in [5, 5.41) is 6.93. The molecular formula is C11H12ClN3O2S2. The van der Waals surface area contributed by atoms with Crippen LogP contribution in [0, 0.1) is 0 Å². The van der Waals surface area contributed by atoms with Gasteiger partial charge in [-0.2, -0.15) is 5.10 Å². The second kappa shape index (κ2) is 4.50. The minimum absolute atomic E-state index is 0.108. The molecule has 0 saturated carbocycles. The second-order valence-corrected chi connectivity index (χ2v) is 8.11. The number of rotatable bonds is 2. The van der Waals surface area contributed by atoms with Crippen LogP contribution in [0.1, 0.15) is 12.5 Å². The van der Waals surface area contributed by atoms with Crippen molar-refractivity contribution in [1.29, 1.82) is 0 Å². The first-order valence-corrected chi connectivity index (χ1v) is 8.83. The van der Waals surface area contributed by atoms with Crippen molar-refractivity contribution in [1.82, 2.24) is 9.78 Å². The molecule has 19 heavy (non-hydrogen) atoms. The summed E-state index contributed by atoms with van der Waals surface area (Å²) in [7, 11) is -2.95. The fraction of sp³-hybridized carbons (Fsp3) is 0.364. The fourth-order valence-electron chi connectivity index (χ4n) is 2.26. The maximum Gasteiger partial charge on any atom is 0.152 e. The fourth-order valence-corrected chi connectivity index (χ4v) is 5.06. The van der Waals surface area contributed by atoms with Crippen LogP contribution in [0.2, 0.25) is 5.02 Å². The van der Waals surface area contributed by atoms with E-state index in [1.165, 1.54) is 11.3 Å². The Bertz CT molecular complexity index is 720. The van der Waals surface area contributed by atoms with E-state index < -0.39 is 9.84 Å². The Labute approximate surface area is 119 Å². The summed E-state index contributed by atoms with van der Waals surface area (Å²) in [6, 6.07) is 3.37. The number of anilines is 1. The highest BCUT2D eigenvalue weighted by Gasteiger charge is 2.31. The Hall–Kier alpha value is -1.05. The molecule has 8 heteroatoms. The van der Waals surface area contributed by atoms with Gasteiger partial charge in [-0.1, -0.05) is 11.6 Å². The van der Waals surface area contributed by atoms with E-state index in [-0.39, 0.29) is 17.5 Å². The molecule has 5 nitrogen and oxygen atoms in total. The molecule has 2 aromatic rings. The largest absolute Gasteiger partial charge is 0.384 e. The van der Waals surface area contributed by atoms with E-state index in [4.69, 9.17) is 17.3 Å². The zero-order valence-corrected chi connectivity index (χ0v) is 12.3. The molecule has 2 N–H and O–H groups in total. The lowest BCUT2D eigenvalue weighted by Crippen LogP contribution is -2.14. The van der Waals surface area contributed by atoms with Gasteiger partial charge in [-0.15, -0.1) is 11.3 Å². The summed E-state index contributed by atoms with van der Waals surface area (Å²) in [6.07, 6.45) is 0.561. The zero-order chi connectivity index (χ0) is 13.6. The lowest BCUT2D eigenvalue weighted by atomic mass is 10.3. The van der Waals surface area contributed by atoms with E-state index in [1.54, 1.807) is 16.8 Å². The van der Waals surface area contributed by atoms with Crippen LogP contribution < -0.4 is 5.73 Å². The van der Waals surface area contributed by atoms with E-state index in [0.717, 1.165) is 4.88 Å². The Balaban J connectivity index is 1.97.